The van der Waals surface area contributed by atoms with Gasteiger partial charge < -0.3 is 9.26 Å². The summed E-state index contributed by atoms with van der Waals surface area (Å²) < 4.78 is 11.1. The number of carbonyl (C=O) groups excluding carboxylic acids is 1. The molecule has 142 valence electrons. The van der Waals surface area contributed by atoms with E-state index in [2.05, 4.69) is 10.1 Å². The topological polar surface area (TPSA) is 68.5 Å². The molecular weight excluding hydrogens is 354 g/mol. The monoisotopic (exact) mass is 375 g/mol. The van der Waals surface area contributed by atoms with Gasteiger partial charge in [0.15, 0.2) is 5.82 Å². The first-order valence-corrected chi connectivity index (χ1v) is 9.72. The minimum absolute atomic E-state index is 0.0795. The van der Waals surface area contributed by atoms with E-state index in [1.165, 1.54) is 0 Å². The third kappa shape index (κ3) is 2.95. The molecule has 1 atom stereocenters. The Morgan fingerprint density at radius 3 is 2.71 bits per heavy atom. The number of para-hydroxylation sites is 1. The van der Waals surface area contributed by atoms with Gasteiger partial charge in [-0.15, -0.1) is 0 Å². The molecule has 1 fully saturated rings. The van der Waals surface area contributed by atoms with Crippen molar-refractivity contribution in [2.24, 2.45) is 0 Å². The number of fused-ring (bicyclic) bond motifs is 1. The van der Waals surface area contributed by atoms with Gasteiger partial charge in [-0.3, -0.25) is 9.69 Å². The van der Waals surface area contributed by atoms with Crippen molar-refractivity contribution in [2.75, 3.05) is 11.5 Å². The van der Waals surface area contributed by atoms with Crippen molar-refractivity contribution in [2.45, 2.75) is 38.1 Å². The maximum Gasteiger partial charge on any atom is 0.259 e. The van der Waals surface area contributed by atoms with E-state index in [0.29, 0.717) is 30.4 Å². The maximum absolute atomic E-state index is 13.4. The molecule has 1 saturated carbocycles. The van der Waals surface area contributed by atoms with E-state index >= 15 is 0 Å². The van der Waals surface area contributed by atoms with Crippen LogP contribution in [0, 0.1) is 0 Å². The predicted octanol–water partition coefficient (Wildman–Crippen LogP) is 4.29. The second-order valence-corrected chi connectivity index (χ2v) is 7.25. The molecule has 2 aromatic carbocycles. The normalized spacial score (nSPS) is 18.2. The Balaban J connectivity index is 1.49. The summed E-state index contributed by atoms with van der Waals surface area (Å²) in [5.74, 6) is 2.36. The molecule has 0 radical (unpaired) electrons. The lowest BCUT2D eigenvalue weighted by Gasteiger charge is -2.23. The van der Waals surface area contributed by atoms with Crippen molar-refractivity contribution in [3.63, 3.8) is 0 Å². The van der Waals surface area contributed by atoms with Gasteiger partial charge in [-0.25, -0.2) is 0 Å². The molecule has 6 nitrogen and oxygen atoms in total. The Bertz CT molecular complexity index is 1010. The molecule has 3 aromatic rings. The number of nitrogens with zero attached hydrogens (tertiary/aromatic N) is 3. The summed E-state index contributed by atoms with van der Waals surface area (Å²) >= 11 is 0. The highest BCUT2D eigenvalue weighted by Gasteiger charge is 2.39. The lowest BCUT2D eigenvalue weighted by molar-refractivity contribution is 0.0974. The number of benzene rings is 2. The molecule has 1 unspecified atom stereocenters. The lowest BCUT2D eigenvalue weighted by Crippen LogP contribution is -2.32. The van der Waals surface area contributed by atoms with Crippen LogP contribution in [-0.2, 0) is 6.42 Å². The number of anilines is 1. The van der Waals surface area contributed by atoms with Crippen molar-refractivity contribution < 1.29 is 14.1 Å². The van der Waals surface area contributed by atoms with E-state index < -0.39 is 0 Å². The quantitative estimate of drug-likeness (QED) is 0.665. The average molecular weight is 375 g/mol. The molecule has 0 N–H and O–H groups in total. The van der Waals surface area contributed by atoms with Gasteiger partial charge in [-0.2, -0.15) is 4.98 Å². The first kappa shape index (κ1) is 17.0. The Morgan fingerprint density at radius 2 is 1.96 bits per heavy atom. The van der Waals surface area contributed by atoms with Gasteiger partial charge in [0.05, 0.1) is 6.61 Å². The Kier molecular flexibility index (Phi) is 4.11. The SMILES string of the molecule is CCOc1ccc(C(=O)N2c3ccccc3CC2c2nc(C3CC3)no2)cc1. The molecule has 2 aliphatic rings. The number of hydrogen-bond acceptors (Lipinski definition) is 5. The van der Waals surface area contributed by atoms with Crippen LogP contribution in [-0.4, -0.2) is 22.7 Å². The number of ether oxygens (including phenoxy) is 1. The summed E-state index contributed by atoms with van der Waals surface area (Å²) in [7, 11) is 0. The van der Waals surface area contributed by atoms with Gasteiger partial charge in [0.25, 0.3) is 5.91 Å². The fourth-order valence-electron chi connectivity index (χ4n) is 3.72. The van der Waals surface area contributed by atoms with Crippen molar-refractivity contribution in [3.8, 4) is 5.75 Å². The van der Waals surface area contributed by atoms with E-state index in [1.54, 1.807) is 17.0 Å². The summed E-state index contributed by atoms with van der Waals surface area (Å²) in [6.07, 6.45) is 2.89. The van der Waals surface area contributed by atoms with Gasteiger partial charge >= 0.3 is 0 Å². The second kappa shape index (κ2) is 6.78. The maximum atomic E-state index is 13.4. The van der Waals surface area contributed by atoms with Crippen LogP contribution < -0.4 is 9.64 Å². The number of amides is 1. The van der Waals surface area contributed by atoms with Crippen LogP contribution in [0.3, 0.4) is 0 Å². The Labute approximate surface area is 163 Å². The first-order valence-electron chi connectivity index (χ1n) is 9.72. The molecule has 28 heavy (non-hydrogen) atoms. The zero-order valence-electron chi connectivity index (χ0n) is 15.7. The molecular formula is C22H21N3O3. The summed E-state index contributed by atoms with van der Waals surface area (Å²) in [5, 5.41) is 4.14. The average Bonchev–Trinajstić information content (AvgIpc) is 3.33. The predicted molar refractivity (Wildman–Crippen MR) is 104 cm³/mol. The molecule has 1 amide bonds. The fourth-order valence-corrected chi connectivity index (χ4v) is 3.72. The van der Waals surface area contributed by atoms with E-state index in [4.69, 9.17) is 9.26 Å². The van der Waals surface area contributed by atoms with E-state index in [0.717, 1.165) is 35.7 Å². The number of carbonyl (C=O) groups is 1. The standard InChI is InChI=1S/C22H21N3O3/c1-2-27-17-11-9-15(10-12-17)22(26)25-18-6-4-3-5-16(18)13-19(25)21-23-20(24-28-21)14-7-8-14/h3-6,9-12,14,19H,2,7-8,13H2,1H3. The molecule has 0 spiro atoms. The minimum atomic E-state index is -0.281. The largest absolute Gasteiger partial charge is 0.494 e. The lowest BCUT2D eigenvalue weighted by atomic mass is 10.1. The summed E-state index contributed by atoms with van der Waals surface area (Å²) in [5.41, 5.74) is 2.61. The van der Waals surface area contributed by atoms with Crippen LogP contribution in [0.1, 0.15) is 59.4 Å². The highest BCUT2D eigenvalue weighted by Crippen LogP contribution is 2.43. The Hall–Kier alpha value is -3.15. The molecule has 1 aliphatic carbocycles. The fraction of sp³-hybridized carbons (Fsp3) is 0.318. The zero-order valence-corrected chi connectivity index (χ0v) is 15.7. The number of hydrogen-bond donors (Lipinski definition) is 0. The van der Waals surface area contributed by atoms with Crippen LogP contribution in [0.5, 0.6) is 5.75 Å². The molecule has 0 saturated heterocycles. The second-order valence-electron chi connectivity index (χ2n) is 7.25. The van der Waals surface area contributed by atoms with Crippen molar-refractivity contribution in [3.05, 3.63) is 71.4 Å². The van der Waals surface area contributed by atoms with Gasteiger partial charge in [0, 0.05) is 23.6 Å². The minimum Gasteiger partial charge on any atom is -0.494 e. The van der Waals surface area contributed by atoms with Gasteiger partial charge in [0.1, 0.15) is 11.8 Å². The Morgan fingerprint density at radius 1 is 1.18 bits per heavy atom. The number of rotatable bonds is 5. The van der Waals surface area contributed by atoms with Crippen molar-refractivity contribution in [1.82, 2.24) is 10.1 Å². The molecule has 1 aliphatic heterocycles. The van der Waals surface area contributed by atoms with Crippen LogP contribution in [0.25, 0.3) is 0 Å². The summed E-state index contributed by atoms with van der Waals surface area (Å²) in [6, 6.07) is 14.9. The van der Waals surface area contributed by atoms with Crippen LogP contribution in [0.15, 0.2) is 53.1 Å². The van der Waals surface area contributed by atoms with Crippen molar-refractivity contribution in [1.29, 1.82) is 0 Å². The molecule has 2 heterocycles. The van der Waals surface area contributed by atoms with Crippen LogP contribution in [0.2, 0.25) is 0 Å². The molecule has 5 rings (SSSR count). The first-order chi connectivity index (χ1) is 13.7. The highest BCUT2D eigenvalue weighted by molar-refractivity contribution is 6.07. The van der Waals surface area contributed by atoms with Crippen LogP contribution in [0.4, 0.5) is 5.69 Å². The van der Waals surface area contributed by atoms with E-state index in [1.807, 2.05) is 43.3 Å². The molecule has 0 bridgehead atoms. The smallest absolute Gasteiger partial charge is 0.259 e. The van der Waals surface area contributed by atoms with E-state index in [9.17, 15) is 4.79 Å². The van der Waals surface area contributed by atoms with Gasteiger partial charge in [0.2, 0.25) is 5.89 Å². The van der Waals surface area contributed by atoms with Crippen LogP contribution >= 0.6 is 0 Å². The number of aromatic nitrogens is 2. The molecule has 1 aromatic heterocycles. The third-order valence-electron chi connectivity index (χ3n) is 5.29. The van der Waals surface area contributed by atoms with Gasteiger partial charge in [-0.05, 0) is 55.7 Å². The van der Waals surface area contributed by atoms with Gasteiger partial charge in [-0.1, -0.05) is 23.4 Å². The summed E-state index contributed by atoms with van der Waals surface area (Å²) in [6.45, 7) is 2.53. The highest BCUT2D eigenvalue weighted by atomic mass is 16.5. The molecule has 6 heteroatoms. The zero-order chi connectivity index (χ0) is 19.1. The van der Waals surface area contributed by atoms with E-state index in [-0.39, 0.29) is 11.9 Å². The third-order valence-corrected chi connectivity index (χ3v) is 5.29. The summed E-state index contributed by atoms with van der Waals surface area (Å²) in [4.78, 5) is 19.8. The van der Waals surface area contributed by atoms with Crippen molar-refractivity contribution >= 4 is 11.6 Å².